The Bertz CT molecular complexity index is 623. The van der Waals surface area contributed by atoms with Crippen molar-refractivity contribution >= 4 is 17.2 Å². The molecule has 1 amide bonds. The van der Waals surface area contributed by atoms with E-state index < -0.39 is 0 Å². The average molecular weight is 319 g/mol. The van der Waals surface area contributed by atoms with E-state index >= 15 is 0 Å². The number of hydrogen-bond acceptors (Lipinski definition) is 5. The monoisotopic (exact) mass is 319 g/mol. The minimum atomic E-state index is -0.0691. The van der Waals surface area contributed by atoms with Crippen molar-refractivity contribution in [1.82, 2.24) is 15.2 Å². The zero-order valence-corrected chi connectivity index (χ0v) is 14.1. The number of carbonyl (C=O) groups is 1. The molecule has 0 spiro atoms. The van der Waals surface area contributed by atoms with Gasteiger partial charge >= 0.3 is 0 Å². The summed E-state index contributed by atoms with van der Waals surface area (Å²) in [5, 5.41) is 2.99. The smallest absolute Gasteiger partial charge is 0.263 e. The molecule has 0 saturated carbocycles. The van der Waals surface area contributed by atoms with E-state index in [9.17, 15) is 4.79 Å². The maximum absolute atomic E-state index is 12.2. The van der Waals surface area contributed by atoms with E-state index in [1.54, 1.807) is 12.6 Å². The Kier molecular flexibility index (Phi) is 5.51. The number of methoxy groups -OCH3 is 1. The summed E-state index contributed by atoms with van der Waals surface area (Å²) < 4.78 is 5.18. The van der Waals surface area contributed by atoms with Crippen LogP contribution in [-0.2, 0) is 0 Å². The highest BCUT2D eigenvalue weighted by Gasteiger charge is 2.17. The lowest BCUT2D eigenvalue weighted by Crippen LogP contribution is -2.34. The van der Waals surface area contributed by atoms with Crippen LogP contribution in [0.1, 0.15) is 27.0 Å². The van der Waals surface area contributed by atoms with Gasteiger partial charge in [0.05, 0.1) is 24.4 Å². The fraction of sp³-hybridized carbons (Fsp3) is 0.375. The second kappa shape index (κ2) is 7.38. The topological polar surface area (TPSA) is 54.5 Å². The number of nitrogens with one attached hydrogen (secondary N) is 1. The maximum atomic E-state index is 12.2. The Hall–Kier alpha value is -1.92. The van der Waals surface area contributed by atoms with Gasteiger partial charge in [0.2, 0.25) is 0 Å². The van der Waals surface area contributed by atoms with E-state index in [0.717, 1.165) is 17.0 Å². The fourth-order valence-electron chi connectivity index (χ4n) is 2.21. The molecule has 22 heavy (non-hydrogen) atoms. The third-order valence-electron chi connectivity index (χ3n) is 3.53. The highest BCUT2D eigenvalue weighted by molar-refractivity contribution is 7.11. The Morgan fingerprint density at radius 3 is 2.55 bits per heavy atom. The first-order chi connectivity index (χ1) is 10.5. The van der Waals surface area contributed by atoms with Crippen LogP contribution in [0, 0.1) is 6.92 Å². The number of rotatable bonds is 6. The highest BCUT2D eigenvalue weighted by atomic mass is 32.1. The zero-order chi connectivity index (χ0) is 16.1. The lowest BCUT2D eigenvalue weighted by Gasteiger charge is -2.25. The van der Waals surface area contributed by atoms with Gasteiger partial charge in [0.25, 0.3) is 5.91 Å². The normalized spacial score (nSPS) is 12.2. The van der Waals surface area contributed by atoms with Gasteiger partial charge in [0.15, 0.2) is 0 Å². The second-order valence-corrected chi connectivity index (χ2v) is 6.08. The Balaban J connectivity index is 2.05. The van der Waals surface area contributed by atoms with Gasteiger partial charge in [-0.3, -0.25) is 4.79 Å². The van der Waals surface area contributed by atoms with Crippen molar-refractivity contribution in [2.24, 2.45) is 0 Å². The van der Waals surface area contributed by atoms with Crippen LogP contribution < -0.4 is 10.1 Å². The SMILES string of the molecule is COc1ccc([C@@H](CNC(=O)c2scnc2C)N(C)C)cc1. The molecule has 1 N–H and O–H groups in total. The molecule has 0 aliphatic carbocycles. The van der Waals surface area contributed by atoms with Gasteiger partial charge in [-0.25, -0.2) is 4.98 Å². The number of carbonyl (C=O) groups excluding carboxylic acids is 1. The lowest BCUT2D eigenvalue weighted by atomic mass is 10.1. The first kappa shape index (κ1) is 16.5. The van der Waals surface area contributed by atoms with Gasteiger partial charge in [-0.15, -0.1) is 11.3 Å². The zero-order valence-electron chi connectivity index (χ0n) is 13.3. The number of thiazole rings is 1. The third kappa shape index (κ3) is 3.84. The summed E-state index contributed by atoms with van der Waals surface area (Å²) in [5.74, 6) is 0.755. The molecule has 0 unspecified atom stereocenters. The van der Waals surface area contributed by atoms with Crippen LogP contribution in [0.4, 0.5) is 0 Å². The summed E-state index contributed by atoms with van der Waals surface area (Å²) in [6.07, 6.45) is 0. The largest absolute Gasteiger partial charge is 0.497 e. The van der Waals surface area contributed by atoms with Gasteiger partial charge in [-0.2, -0.15) is 0 Å². The van der Waals surface area contributed by atoms with Gasteiger partial charge in [-0.05, 0) is 38.7 Å². The molecular formula is C16H21N3O2S. The van der Waals surface area contributed by atoms with E-state index in [0.29, 0.717) is 11.4 Å². The van der Waals surface area contributed by atoms with Crippen molar-refractivity contribution in [1.29, 1.82) is 0 Å². The van der Waals surface area contributed by atoms with Gasteiger partial charge in [0.1, 0.15) is 10.6 Å². The van der Waals surface area contributed by atoms with E-state index in [4.69, 9.17) is 4.74 Å². The van der Waals surface area contributed by atoms with Crippen molar-refractivity contribution in [2.75, 3.05) is 27.7 Å². The molecule has 0 aliphatic rings. The molecule has 1 heterocycles. The van der Waals surface area contributed by atoms with E-state index in [1.165, 1.54) is 11.3 Å². The quantitative estimate of drug-likeness (QED) is 0.889. The molecule has 0 fully saturated rings. The standard InChI is InChI=1S/C16H21N3O2S/c1-11-15(22-10-18-11)16(20)17-9-14(19(2)3)12-5-7-13(21-4)8-6-12/h5-8,10,14H,9H2,1-4H3,(H,17,20)/t14-/m1/s1. The first-order valence-corrected chi connectivity index (χ1v) is 7.89. The van der Waals surface area contributed by atoms with Gasteiger partial charge in [-0.1, -0.05) is 12.1 Å². The maximum Gasteiger partial charge on any atom is 0.263 e. The van der Waals surface area contributed by atoms with Crippen molar-refractivity contribution in [3.8, 4) is 5.75 Å². The first-order valence-electron chi connectivity index (χ1n) is 7.01. The van der Waals surface area contributed by atoms with E-state index in [-0.39, 0.29) is 11.9 Å². The molecular weight excluding hydrogens is 298 g/mol. The fourth-order valence-corrected chi connectivity index (χ4v) is 2.93. The lowest BCUT2D eigenvalue weighted by molar-refractivity contribution is 0.0945. The Morgan fingerprint density at radius 1 is 1.36 bits per heavy atom. The van der Waals surface area contributed by atoms with Crippen LogP contribution in [0.3, 0.4) is 0 Å². The molecule has 1 atom stereocenters. The molecule has 2 rings (SSSR count). The van der Waals surface area contributed by atoms with Crippen LogP contribution in [0.2, 0.25) is 0 Å². The van der Waals surface area contributed by atoms with Crippen molar-refractivity contribution in [3.05, 3.63) is 45.9 Å². The Labute approximate surface area is 134 Å². The van der Waals surface area contributed by atoms with Crippen LogP contribution in [0.5, 0.6) is 5.75 Å². The Morgan fingerprint density at radius 2 is 2.05 bits per heavy atom. The number of aromatic nitrogens is 1. The van der Waals surface area contributed by atoms with Crippen molar-refractivity contribution in [3.63, 3.8) is 0 Å². The van der Waals surface area contributed by atoms with Crippen LogP contribution >= 0.6 is 11.3 Å². The van der Waals surface area contributed by atoms with Gasteiger partial charge < -0.3 is 15.0 Å². The number of nitrogens with zero attached hydrogens (tertiary/aromatic N) is 2. The molecule has 0 radical (unpaired) electrons. The van der Waals surface area contributed by atoms with Crippen LogP contribution in [0.25, 0.3) is 0 Å². The predicted octanol–water partition coefficient (Wildman–Crippen LogP) is 2.49. The number of amides is 1. The van der Waals surface area contributed by atoms with Crippen LogP contribution in [0.15, 0.2) is 29.8 Å². The number of benzene rings is 1. The van der Waals surface area contributed by atoms with Crippen molar-refractivity contribution < 1.29 is 9.53 Å². The molecule has 0 aliphatic heterocycles. The number of aryl methyl sites for hydroxylation is 1. The van der Waals surface area contributed by atoms with Crippen LogP contribution in [-0.4, -0.2) is 43.5 Å². The number of likely N-dealkylation sites (N-methyl/N-ethyl adjacent to an activating group) is 1. The summed E-state index contributed by atoms with van der Waals surface area (Å²) in [6, 6.07) is 8.01. The number of ether oxygens (including phenoxy) is 1. The summed E-state index contributed by atoms with van der Waals surface area (Å²) in [5.41, 5.74) is 3.59. The highest BCUT2D eigenvalue weighted by Crippen LogP contribution is 2.21. The summed E-state index contributed by atoms with van der Waals surface area (Å²) >= 11 is 1.37. The molecule has 6 heteroatoms. The molecule has 5 nitrogen and oxygen atoms in total. The average Bonchev–Trinajstić information content (AvgIpc) is 2.94. The molecule has 118 valence electrons. The second-order valence-electron chi connectivity index (χ2n) is 5.23. The van der Waals surface area contributed by atoms with E-state index in [2.05, 4.69) is 15.2 Å². The molecule has 0 saturated heterocycles. The third-order valence-corrected chi connectivity index (χ3v) is 4.46. The molecule has 2 aromatic rings. The predicted molar refractivity (Wildman–Crippen MR) is 88.6 cm³/mol. The minimum absolute atomic E-state index is 0.0691. The molecule has 0 bridgehead atoms. The number of hydrogen-bond donors (Lipinski definition) is 1. The van der Waals surface area contributed by atoms with E-state index in [1.807, 2.05) is 45.3 Å². The minimum Gasteiger partial charge on any atom is -0.497 e. The molecule has 1 aromatic carbocycles. The van der Waals surface area contributed by atoms with Gasteiger partial charge in [0, 0.05) is 6.54 Å². The summed E-state index contributed by atoms with van der Waals surface area (Å²) in [4.78, 5) is 19.1. The van der Waals surface area contributed by atoms with Crippen molar-refractivity contribution in [2.45, 2.75) is 13.0 Å². The summed E-state index contributed by atoms with van der Waals surface area (Å²) in [6.45, 7) is 2.38. The summed E-state index contributed by atoms with van der Waals surface area (Å²) in [7, 11) is 5.65. The molecule has 1 aromatic heterocycles.